The number of fused-ring (bicyclic) bond motifs is 2. The second-order valence-corrected chi connectivity index (χ2v) is 7.66. The van der Waals surface area contributed by atoms with Gasteiger partial charge in [-0.3, -0.25) is 4.79 Å². The third-order valence-electron chi connectivity index (χ3n) is 4.87. The zero-order valence-electron chi connectivity index (χ0n) is 17.1. The number of hydrazone groups is 1. The van der Waals surface area contributed by atoms with Gasteiger partial charge in [-0.1, -0.05) is 62.4 Å². The second kappa shape index (κ2) is 8.78. The number of hydrogen-bond donors (Lipinski definition) is 1. The number of carbonyl (C=O) groups excluding carboxylic acids is 1. The van der Waals surface area contributed by atoms with Crippen molar-refractivity contribution in [2.24, 2.45) is 11.0 Å². The van der Waals surface area contributed by atoms with Crippen LogP contribution < -0.4 is 10.2 Å². The van der Waals surface area contributed by atoms with Crippen molar-refractivity contribution in [1.29, 1.82) is 0 Å². The van der Waals surface area contributed by atoms with Crippen LogP contribution in [0.5, 0.6) is 5.75 Å². The predicted octanol–water partition coefficient (Wildman–Crippen LogP) is 5.79. The number of rotatable bonds is 6. The topological polar surface area (TPSA) is 50.7 Å². The summed E-state index contributed by atoms with van der Waals surface area (Å²) in [6.07, 6.45) is 1.72. The number of nitrogens with one attached hydrogen (secondary N) is 1. The zero-order chi connectivity index (χ0) is 20.9. The lowest BCUT2D eigenvalue weighted by Gasteiger charge is -2.09. The van der Waals surface area contributed by atoms with E-state index in [1.807, 2.05) is 24.3 Å². The first-order chi connectivity index (χ1) is 14.6. The Hall–Kier alpha value is -3.66. The van der Waals surface area contributed by atoms with Crippen LogP contribution in [0.15, 0.2) is 84.0 Å². The minimum absolute atomic E-state index is 0.258. The fourth-order valence-corrected chi connectivity index (χ4v) is 3.37. The predicted molar refractivity (Wildman–Crippen MR) is 123 cm³/mol. The molecule has 30 heavy (non-hydrogen) atoms. The molecule has 4 rings (SSSR count). The third-order valence-corrected chi connectivity index (χ3v) is 4.87. The highest BCUT2D eigenvalue weighted by Gasteiger charge is 2.07. The Labute approximate surface area is 176 Å². The van der Waals surface area contributed by atoms with Crippen molar-refractivity contribution in [2.75, 3.05) is 6.61 Å². The lowest BCUT2D eigenvalue weighted by atomic mass is 9.97. The molecular formula is C26H24N2O2. The molecule has 0 aliphatic rings. The average molecular weight is 396 g/mol. The van der Waals surface area contributed by atoms with Crippen LogP contribution in [0, 0.1) is 5.92 Å². The Bertz CT molecular complexity index is 1160. The van der Waals surface area contributed by atoms with Gasteiger partial charge in [0.15, 0.2) is 0 Å². The Morgan fingerprint density at radius 3 is 2.13 bits per heavy atom. The van der Waals surface area contributed by atoms with E-state index >= 15 is 0 Å². The summed E-state index contributed by atoms with van der Waals surface area (Å²) >= 11 is 0. The Morgan fingerprint density at radius 1 is 0.933 bits per heavy atom. The van der Waals surface area contributed by atoms with E-state index < -0.39 is 0 Å². The van der Waals surface area contributed by atoms with Gasteiger partial charge in [0.25, 0.3) is 5.91 Å². The first-order valence-corrected chi connectivity index (χ1v) is 10.1. The van der Waals surface area contributed by atoms with Crippen molar-refractivity contribution < 1.29 is 9.53 Å². The molecule has 4 aromatic rings. The van der Waals surface area contributed by atoms with E-state index in [2.05, 4.69) is 54.7 Å². The van der Waals surface area contributed by atoms with Gasteiger partial charge in [0.2, 0.25) is 0 Å². The van der Waals surface area contributed by atoms with Crippen LogP contribution in [0.2, 0.25) is 0 Å². The van der Waals surface area contributed by atoms with Gasteiger partial charge < -0.3 is 4.74 Å². The van der Waals surface area contributed by atoms with E-state index in [1.54, 1.807) is 30.5 Å². The number of amides is 1. The minimum atomic E-state index is -0.258. The minimum Gasteiger partial charge on any atom is -0.493 e. The number of carbonyl (C=O) groups is 1. The molecule has 0 aliphatic carbocycles. The lowest BCUT2D eigenvalue weighted by Crippen LogP contribution is -2.17. The van der Waals surface area contributed by atoms with Gasteiger partial charge in [0.05, 0.1) is 12.8 Å². The first kappa shape index (κ1) is 19.6. The molecule has 4 aromatic carbocycles. The van der Waals surface area contributed by atoms with Gasteiger partial charge in [0, 0.05) is 11.1 Å². The van der Waals surface area contributed by atoms with Gasteiger partial charge in [0.1, 0.15) is 5.75 Å². The fourth-order valence-electron chi connectivity index (χ4n) is 3.37. The second-order valence-electron chi connectivity index (χ2n) is 7.66. The largest absolute Gasteiger partial charge is 0.493 e. The molecule has 0 radical (unpaired) electrons. The summed E-state index contributed by atoms with van der Waals surface area (Å²) in [6.45, 7) is 4.84. The quantitative estimate of drug-likeness (QED) is 0.255. The van der Waals surface area contributed by atoms with Crippen molar-refractivity contribution in [3.05, 3.63) is 90.0 Å². The van der Waals surface area contributed by atoms with E-state index in [1.165, 1.54) is 0 Å². The Morgan fingerprint density at radius 2 is 1.53 bits per heavy atom. The van der Waals surface area contributed by atoms with Gasteiger partial charge in [-0.15, -0.1) is 0 Å². The molecule has 0 aliphatic heterocycles. The molecule has 0 fully saturated rings. The maximum absolute atomic E-state index is 12.5. The van der Waals surface area contributed by atoms with E-state index in [0.717, 1.165) is 32.9 Å². The number of ether oxygens (including phenoxy) is 1. The molecule has 0 atom stereocenters. The molecule has 150 valence electrons. The lowest BCUT2D eigenvalue weighted by molar-refractivity contribution is 0.0955. The molecule has 4 nitrogen and oxygen atoms in total. The maximum atomic E-state index is 12.5. The average Bonchev–Trinajstić information content (AvgIpc) is 2.77. The Balaban J connectivity index is 1.54. The fraction of sp³-hybridized carbons (Fsp3) is 0.154. The molecule has 0 saturated heterocycles. The van der Waals surface area contributed by atoms with Crippen molar-refractivity contribution in [3.8, 4) is 5.75 Å². The number of hydrogen-bond acceptors (Lipinski definition) is 3. The van der Waals surface area contributed by atoms with E-state index in [-0.39, 0.29) is 5.91 Å². The summed E-state index contributed by atoms with van der Waals surface area (Å²) in [4.78, 5) is 12.5. The zero-order valence-corrected chi connectivity index (χ0v) is 17.1. The molecule has 0 aromatic heterocycles. The summed E-state index contributed by atoms with van der Waals surface area (Å²) in [5, 5.41) is 8.72. The van der Waals surface area contributed by atoms with Crippen LogP contribution in [-0.4, -0.2) is 18.7 Å². The van der Waals surface area contributed by atoms with Crippen molar-refractivity contribution in [2.45, 2.75) is 13.8 Å². The van der Waals surface area contributed by atoms with Gasteiger partial charge in [-0.2, -0.15) is 5.10 Å². The van der Waals surface area contributed by atoms with E-state index in [9.17, 15) is 4.79 Å². The van der Waals surface area contributed by atoms with Crippen LogP contribution in [0.1, 0.15) is 29.8 Å². The van der Waals surface area contributed by atoms with Crippen molar-refractivity contribution in [1.82, 2.24) is 5.43 Å². The van der Waals surface area contributed by atoms with Crippen LogP contribution in [0.4, 0.5) is 0 Å². The molecule has 1 amide bonds. The van der Waals surface area contributed by atoms with Crippen molar-refractivity contribution in [3.63, 3.8) is 0 Å². The van der Waals surface area contributed by atoms with Gasteiger partial charge in [-0.05, 0) is 57.8 Å². The Kier molecular flexibility index (Phi) is 5.75. The molecule has 0 saturated carbocycles. The first-order valence-electron chi connectivity index (χ1n) is 10.1. The van der Waals surface area contributed by atoms with Gasteiger partial charge in [-0.25, -0.2) is 5.43 Å². The summed E-state index contributed by atoms with van der Waals surface area (Å²) in [5.74, 6) is 0.949. The molecule has 4 heteroatoms. The monoisotopic (exact) mass is 396 g/mol. The van der Waals surface area contributed by atoms with Crippen LogP contribution in [0.25, 0.3) is 21.5 Å². The van der Waals surface area contributed by atoms with Crippen LogP contribution >= 0.6 is 0 Å². The normalized spacial score (nSPS) is 11.4. The smallest absolute Gasteiger partial charge is 0.271 e. The van der Waals surface area contributed by atoms with E-state index in [0.29, 0.717) is 18.1 Å². The highest BCUT2D eigenvalue weighted by atomic mass is 16.5. The highest BCUT2D eigenvalue weighted by Crippen LogP contribution is 2.27. The SMILES string of the molecule is CC(C)COc1ccc(C(=O)N/N=C/c2c3ccccc3cc3ccccc23)cc1. The van der Waals surface area contributed by atoms with Gasteiger partial charge >= 0.3 is 0 Å². The van der Waals surface area contributed by atoms with Crippen molar-refractivity contribution >= 4 is 33.7 Å². The molecule has 0 spiro atoms. The summed E-state index contributed by atoms with van der Waals surface area (Å²) in [6, 6.07) is 25.6. The van der Waals surface area contributed by atoms with Crippen LogP contribution in [-0.2, 0) is 0 Å². The summed E-state index contributed by atoms with van der Waals surface area (Å²) in [7, 11) is 0. The highest BCUT2D eigenvalue weighted by molar-refractivity contribution is 6.13. The molecule has 0 bridgehead atoms. The van der Waals surface area contributed by atoms with E-state index in [4.69, 9.17) is 4.74 Å². The number of benzene rings is 4. The number of nitrogens with zero attached hydrogens (tertiary/aromatic N) is 1. The van der Waals surface area contributed by atoms with Crippen LogP contribution in [0.3, 0.4) is 0 Å². The summed E-state index contributed by atoms with van der Waals surface area (Å²) in [5.41, 5.74) is 4.16. The maximum Gasteiger partial charge on any atom is 0.271 e. The third kappa shape index (κ3) is 4.33. The standard InChI is InChI=1S/C26H24N2O2/c1-18(2)17-30-22-13-11-19(12-14-22)26(29)28-27-16-25-23-9-5-3-7-20(23)15-21-8-4-6-10-24(21)25/h3-16,18H,17H2,1-2H3,(H,28,29)/b27-16+. The molecule has 1 N–H and O–H groups in total. The molecule has 0 unspecified atom stereocenters. The molecular weight excluding hydrogens is 372 g/mol. The summed E-state index contributed by atoms with van der Waals surface area (Å²) < 4.78 is 5.66. The molecule has 0 heterocycles.